The lowest BCUT2D eigenvalue weighted by molar-refractivity contribution is -0.135. The summed E-state index contributed by atoms with van der Waals surface area (Å²) in [5, 5.41) is 5.99. The van der Waals surface area contributed by atoms with Crippen molar-refractivity contribution in [1.29, 1.82) is 0 Å². The lowest BCUT2D eigenvalue weighted by Gasteiger charge is -2.30. The van der Waals surface area contributed by atoms with Crippen LogP contribution in [0.1, 0.15) is 43.7 Å². The molecule has 0 radical (unpaired) electrons. The maximum atomic E-state index is 13.6. The summed E-state index contributed by atoms with van der Waals surface area (Å²) in [5.41, 5.74) is 0.803. The van der Waals surface area contributed by atoms with Gasteiger partial charge in [0.1, 0.15) is 12.1 Å². The van der Waals surface area contributed by atoms with Crippen molar-refractivity contribution in [3.63, 3.8) is 0 Å². The van der Waals surface area contributed by atoms with E-state index in [-0.39, 0.29) is 24.4 Å². The Kier molecular flexibility index (Phi) is 6.58. The van der Waals surface area contributed by atoms with Crippen LogP contribution in [-0.4, -0.2) is 40.9 Å². The van der Waals surface area contributed by atoms with E-state index in [0.717, 1.165) is 35.3 Å². The van der Waals surface area contributed by atoms with E-state index < -0.39 is 11.6 Å². The zero-order chi connectivity index (χ0) is 22.6. The van der Waals surface area contributed by atoms with E-state index in [9.17, 15) is 14.4 Å². The zero-order valence-corrected chi connectivity index (χ0v) is 18.5. The van der Waals surface area contributed by atoms with Gasteiger partial charge < -0.3 is 10.6 Å². The highest BCUT2D eigenvalue weighted by Gasteiger charge is 2.51. The number of nitrogens with zero attached hydrogens (tertiary/aromatic N) is 1. The second-order valence-corrected chi connectivity index (χ2v) is 9.16. The summed E-state index contributed by atoms with van der Waals surface area (Å²) in [4.78, 5) is 40.3. The maximum absolute atomic E-state index is 13.6. The lowest BCUT2D eigenvalue weighted by atomic mass is 9.84. The van der Waals surface area contributed by atoms with Gasteiger partial charge in [-0.05, 0) is 29.9 Å². The number of urea groups is 1. The molecule has 0 unspecified atom stereocenters. The summed E-state index contributed by atoms with van der Waals surface area (Å²) in [5.74, 6) is -0.212. The molecule has 2 atom stereocenters. The third kappa shape index (κ3) is 4.85. The van der Waals surface area contributed by atoms with Crippen molar-refractivity contribution in [2.75, 3.05) is 6.54 Å². The van der Waals surface area contributed by atoms with Crippen LogP contribution >= 0.6 is 0 Å². The molecule has 2 aromatic rings. The average Bonchev–Trinajstić information content (AvgIpc) is 3.00. The molecule has 6 heteroatoms. The Morgan fingerprint density at radius 1 is 0.969 bits per heavy atom. The summed E-state index contributed by atoms with van der Waals surface area (Å²) in [6.07, 6.45) is 5.04. The third-order valence-electron chi connectivity index (χ3n) is 6.70. The summed E-state index contributed by atoms with van der Waals surface area (Å²) in [7, 11) is 0. The Hall–Kier alpha value is -3.15. The molecule has 1 heterocycles. The van der Waals surface area contributed by atoms with Gasteiger partial charge >= 0.3 is 6.03 Å². The van der Waals surface area contributed by atoms with Crippen LogP contribution in [0, 0.1) is 5.92 Å². The minimum absolute atomic E-state index is 0.107. The Bertz CT molecular complexity index is 919. The number of hydrogen-bond acceptors (Lipinski definition) is 3. The van der Waals surface area contributed by atoms with Crippen molar-refractivity contribution in [2.24, 2.45) is 5.92 Å². The van der Waals surface area contributed by atoms with E-state index in [2.05, 4.69) is 17.6 Å². The van der Waals surface area contributed by atoms with Crippen LogP contribution in [0.3, 0.4) is 0 Å². The first kappa shape index (κ1) is 22.1. The Balaban J connectivity index is 1.53. The fourth-order valence-electron chi connectivity index (χ4n) is 4.94. The van der Waals surface area contributed by atoms with Gasteiger partial charge in [0.2, 0.25) is 5.91 Å². The highest BCUT2D eigenvalue weighted by molar-refractivity contribution is 6.09. The first-order chi connectivity index (χ1) is 15.5. The van der Waals surface area contributed by atoms with Gasteiger partial charge in [0.15, 0.2) is 0 Å². The molecule has 168 valence electrons. The van der Waals surface area contributed by atoms with E-state index >= 15 is 0 Å². The molecule has 1 saturated carbocycles. The molecular weight excluding hydrogens is 402 g/mol. The second-order valence-electron chi connectivity index (χ2n) is 9.16. The lowest BCUT2D eigenvalue weighted by Crippen LogP contribution is -2.52. The van der Waals surface area contributed by atoms with Gasteiger partial charge in [-0.25, -0.2) is 4.79 Å². The van der Waals surface area contributed by atoms with Gasteiger partial charge in [0.25, 0.3) is 5.91 Å². The van der Waals surface area contributed by atoms with Crippen molar-refractivity contribution < 1.29 is 14.4 Å². The van der Waals surface area contributed by atoms with Crippen LogP contribution < -0.4 is 10.6 Å². The van der Waals surface area contributed by atoms with E-state index in [1.54, 1.807) is 0 Å². The van der Waals surface area contributed by atoms with Crippen LogP contribution in [0.2, 0.25) is 0 Å². The molecule has 2 aliphatic rings. The fourth-order valence-corrected chi connectivity index (χ4v) is 4.94. The predicted molar refractivity (Wildman–Crippen MR) is 123 cm³/mol. The fraction of sp³-hybridized carbons (Fsp3) is 0.423. The van der Waals surface area contributed by atoms with Crippen LogP contribution in [0.5, 0.6) is 0 Å². The van der Waals surface area contributed by atoms with Gasteiger partial charge in [-0.2, -0.15) is 0 Å². The van der Waals surface area contributed by atoms with Gasteiger partial charge in [0, 0.05) is 18.9 Å². The SMILES string of the molecule is C[C@H]1CCCC[C@@H]1NC(=O)CN1C(=O)NC(Cc2ccccc2)(Cc2ccccc2)C1=O. The van der Waals surface area contributed by atoms with Crippen molar-refractivity contribution >= 4 is 17.8 Å². The van der Waals surface area contributed by atoms with Crippen molar-refractivity contribution in [3.8, 4) is 0 Å². The molecule has 0 aromatic heterocycles. The highest BCUT2D eigenvalue weighted by Crippen LogP contribution is 2.28. The number of imide groups is 1. The van der Waals surface area contributed by atoms with Crippen LogP contribution in [0.25, 0.3) is 0 Å². The standard InChI is InChI=1S/C26H31N3O3/c1-19-10-8-9-15-22(19)27-23(30)18-29-24(31)26(28-25(29)32,16-20-11-4-2-5-12-20)17-21-13-6-3-7-14-21/h2-7,11-14,19,22H,8-10,15-18H2,1H3,(H,27,30)(H,28,32)/t19-,22-/m0/s1. The second kappa shape index (κ2) is 9.55. The van der Waals surface area contributed by atoms with Crippen molar-refractivity contribution in [2.45, 2.75) is 57.0 Å². The Morgan fingerprint density at radius 3 is 2.09 bits per heavy atom. The monoisotopic (exact) mass is 433 g/mol. The number of rotatable bonds is 7. The van der Waals surface area contributed by atoms with Crippen molar-refractivity contribution in [3.05, 3.63) is 71.8 Å². The molecule has 2 N–H and O–H groups in total. The first-order valence-corrected chi connectivity index (χ1v) is 11.5. The number of amides is 4. The third-order valence-corrected chi connectivity index (χ3v) is 6.70. The summed E-state index contributed by atoms with van der Waals surface area (Å²) < 4.78 is 0. The number of benzene rings is 2. The van der Waals surface area contributed by atoms with Gasteiger partial charge in [-0.15, -0.1) is 0 Å². The molecule has 4 amide bonds. The van der Waals surface area contributed by atoms with E-state index in [1.165, 1.54) is 6.42 Å². The maximum Gasteiger partial charge on any atom is 0.325 e. The zero-order valence-electron chi connectivity index (χ0n) is 18.5. The van der Waals surface area contributed by atoms with Crippen LogP contribution in [0.15, 0.2) is 60.7 Å². The van der Waals surface area contributed by atoms with Crippen LogP contribution in [0.4, 0.5) is 4.79 Å². The number of nitrogens with one attached hydrogen (secondary N) is 2. The molecular formula is C26H31N3O3. The predicted octanol–water partition coefficient (Wildman–Crippen LogP) is 3.46. The first-order valence-electron chi connectivity index (χ1n) is 11.5. The van der Waals surface area contributed by atoms with E-state index in [1.807, 2.05) is 60.7 Å². The molecule has 2 fully saturated rings. The summed E-state index contributed by atoms with van der Waals surface area (Å²) in [6, 6.07) is 18.9. The van der Waals surface area contributed by atoms with Gasteiger partial charge in [0.05, 0.1) is 0 Å². The Morgan fingerprint density at radius 2 is 1.53 bits per heavy atom. The molecule has 6 nitrogen and oxygen atoms in total. The average molecular weight is 434 g/mol. The minimum Gasteiger partial charge on any atom is -0.352 e. The smallest absolute Gasteiger partial charge is 0.325 e. The highest BCUT2D eigenvalue weighted by atomic mass is 16.2. The molecule has 1 aliphatic carbocycles. The van der Waals surface area contributed by atoms with Crippen molar-refractivity contribution in [1.82, 2.24) is 15.5 Å². The molecule has 4 rings (SSSR count). The largest absolute Gasteiger partial charge is 0.352 e. The minimum atomic E-state index is -1.11. The van der Waals surface area contributed by atoms with Gasteiger partial charge in [-0.3, -0.25) is 14.5 Å². The topological polar surface area (TPSA) is 78.5 Å². The quantitative estimate of drug-likeness (QED) is 0.657. The normalized spacial score (nSPS) is 22.5. The molecule has 32 heavy (non-hydrogen) atoms. The summed E-state index contributed by atoms with van der Waals surface area (Å²) in [6.45, 7) is 1.89. The molecule has 0 spiro atoms. The molecule has 1 aliphatic heterocycles. The molecule has 1 saturated heterocycles. The Labute approximate surface area is 189 Å². The van der Waals surface area contributed by atoms with Crippen LogP contribution in [-0.2, 0) is 22.4 Å². The molecule has 2 aromatic carbocycles. The number of carbonyl (C=O) groups excluding carboxylic acids is 3. The summed E-state index contributed by atoms with van der Waals surface area (Å²) >= 11 is 0. The number of hydrogen-bond donors (Lipinski definition) is 2. The molecule has 0 bridgehead atoms. The van der Waals surface area contributed by atoms with E-state index in [4.69, 9.17) is 0 Å². The van der Waals surface area contributed by atoms with E-state index in [0.29, 0.717) is 18.8 Å². The van der Waals surface area contributed by atoms with Gasteiger partial charge in [-0.1, -0.05) is 80.4 Å². The number of carbonyl (C=O) groups is 3.